The molecule has 0 aliphatic heterocycles. The van der Waals surface area contributed by atoms with Crippen LogP contribution in [-0.2, 0) is 4.79 Å². The van der Waals surface area contributed by atoms with Crippen molar-refractivity contribution in [1.82, 2.24) is 0 Å². The number of nitrogens with one attached hydrogen (secondary N) is 2. The fourth-order valence-electron chi connectivity index (χ4n) is 2.00. The number of rotatable bonds is 5. The van der Waals surface area contributed by atoms with Crippen molar-refractivity contribution in [2.75, 3.05) is 23.4 Å². The topological polar surface area (TPSA) is 41.1 Å². The van der Waals surface area contributed by atoms with Crippen molar-refractivity contribution in [1.29, 1.82) is 0 Å². The molecule has 2 N–H and O–H groups in total. The molecule has 0 saturated heterocycles. The second-order valence-electron chi connectivity index (χ2n) is 4.88. The van der Waals surface area contributed by atoms with Gasteiger partial charge in [0.05, 0.1) is 6.54 Å². The summed E-state index contributed by atoms with van der Waals surface area (Å²) >= 11 is 1.68. The van der Waals surface area contributed by atoms with Crippen LogP contribution in [0.1, 0.15) is 11.1 Å². The number of anilines is 2. The maximum Gasteiger partial charge on any atom is 0.243 e. The number of hydrogen-bond acceptors (Lipinski definition) is 3. The summed E-state index contributed by atoms with van der Waals surface area (Å²) in [5.41, 5.74) is 4.11. The van der Waals surface area contributed by atoms with Crippen LogP contribution in [0, 0.1) is 13.8 Å². The van der Waals surface area contributed by atoms with Crippen LogP contribution in [0.15, 0.2) is 47.4 Å². The van der Waals surface area contributed by atoms with E-state index < -0.39 is 0 Å². The summed E-state index contributed by atoms with van der Waals surface area (Å²) in [5, 5.41) is 6.09. The van der Waals surface area contributed by atoms with Gasteiger partial charge in [0.25, 0.3) is 0 Å². The molecule has 110 valence electrons. The molecule has 0 fully saturated rings. The van der Waals surface area contributed by atoms with Gasteiger partial charge in [-0.25, -0.2) is 0 Å². The average molecular weight is 300 g/mol. The first-order valence-electron chi connectivity index (χ1n) is 6.84. The molecule has 2 rings (SSSR count). The molecule has 0 aromatic heterocycles. The Kier molecular flexibility index (Phi) is 5.28. The summed E-state index contributed by atoms with van der Waals surface area (Å²) in [6.07, 6.45) is 2.03. The molecule has 0 aliphatic carbocycles. The van der Waals surface area contributed by atoms with Crippen molar-refractivity contribution < 1.29 is 4.79 Å². The number of carbonyl (C=O) groups excluding carboxylic acids is 1. The highest BCUT2D eigenvalue weighted by molar-refractivity contribution is 7.98. The molecular formula is C17H20N2OS. The van der Waals surface area contributed by atoms with E-state index in [0.717, 1.165) is 16.9 Å². The fraction of sp³-hybridized carbons (Fsp3) is 0.235. The van der Waals surface area contributed by atoms with Gasteiger partial charge in [-0.1, -0.05) is 18.2 Å². The molecule has 0 aliphatic rings. The maximum atomic E-state index is 12.0. The van der Waals surface area contributed by atoms with Gasteiger partial charge in [-0.05, 0) is 55.5 Å². The van der Waals surface area contributed by atoms with Crippen molar-refractivity contribution in [2.45, 2.75) is 18.7 Å². The van der Waals surface area contributed by atoms with E-state index in [-0.39, 0.29) is 12.5 Å². The molecule has 0 heterocycles. The number of benzene rings is 2. The minimum atomic E-state index is -0.0433. The van der Waals surface area contributed by atoms with Crippen LogP contribution in [0.5, 0.6) is 0 Å². The van der Waals surface area contributed by atoms with E-state index >= 15 is 0 Å². The SMILES string of the molecule is CSc1cccc(NCC(=O)Nc2cccc(C)c2C)c1. The van der Waals surface area contributed by atoms with Crippen molar-refractivity contribution in [3.05, 3.63) is 53.6 Å². The van der Waals surface area contributed by atoms with E-state index in [1.54, 1.807) is 11.8 Å². The minimum absolute atomic E-state index is 0.0433. The maximum absolute atomic E-state index is 12.0. The highest BCUT2D eigenvalue weighted by Crippen LogP contribution is 2.19. The van der Waals surface area contributed by atoms with Crippen LogP contribution in [0.3, 0.4) is 0 Å². The summed E-state index contributed by atoms with van der Waals surface area (Å²) in [4.78, 5) is 13.2. The molecule has 2 aromatic carbocycles. The Morgan fingerprint density at radius 3 is 2.67 bits per heavy atom. The molecule has 0 spiro atoms. The lowest BCUT2D eigenvalue weighted by molar-refractivity contribution is -0.114. The molecule has 0 unspecified atom stereocenters. The number of thioether (sulfide) groups is 1. The van der Waals surface area contributed by atoms with E-state index in [4.69, 9.17) is 0 Å². The normalized spacial score (nSPS) is 10.2. The quantitative estimate of drug-likeness (QED) is 0.818. The zero-order valence-electron chi connectivity index (χ0n) is 12.6. The first-order valence-corrected chi connectivity index (χ1v) is 8.06. The van der Waals surface area contributed by atoms with Gasteiger partial charge in [0.1, 0.15) is 0 Å². The third-order valence-corrected chi connectivity index (χ3v) is 4.13. The van der Waals surface area contributed by atoms with Gasteiger partial charge in [-0.15, -0.1) is 11.8 Å². The van der Waals surface area contributed by atoms with E-state index in [1.165, 1.54) is 10.5 Å². The zero-order valence-corrected chi connectivity index (χ0v) is 13.4. The lowest BCUT2D eigenvalue weighted by atomic mass is 10.1. The Morgan fingerprint density at radius 1 is 1.14 bits per heavy atom. The summed E-state index contributed by atoms with van der Waals surface area (Å²) < 4.78 is 0. The Hall–Kier alpha value is -1.94. The second-order valence-corrected chi connectivity index (χ2v) is 5.76. The van der Waals surface area contributed by atoms with Crippen LogP contribution < -0.4 is 10.6 Å². The smallest absolute Gasteiger partial charge is 0.243 e. The molecule has 2 aromatic rings. The molecule has 0 atom stereocenters. The molecular weight excluding hydrogens is 280 g/mol. The van der Waals surface area contributed by atoms with Crippen LogP contribution in [-0.4, -0.2) is 18.7 Å². The average Bonchev–Trinajstić information content (AvgIpc) is 2.50. The third-order valence-electron chi connectivity index (χ3n) is 3.40. The lowest BCUT2D eigenvalue weighted by Gasteiger charge is -2.11. The molecule has 4 heteroatoms. The largest absolute Gasteiger partial charge is 0.376 e. The van der Waals surface area contributed by atoms with Gasteiger partial charge in [-0.2, -0.15) is 0 Å². The summed E-state index contributed by atoms with van der Waals surface area (Å²) in [7, 11) is 0. The minimum Gasteiger partial charge on any atom is -0.376 e. The predicted octanol–water partition coefficient (Wildman–Crippen LogP) is 4.08. The second kappa shape index (κ2) is 7.18. The standard InChI is InChI=1S/C17H20N2OS/c1-12-6-4-9-16(13(12)2)19-17(20)11-18-14-7-5-8-15(10-14)21-3/h4-10,18H,11H2,1-3H3,(H,19,20). The number of hydrogen-bond donors (Lipinski definition) is 2. The summed E-state index contributed by atoms with van der Waals surface area (Å²) in [6.45, 7) is 4.31. The van der Waals surface area contributed by atoms with Crippen molar-refractivity contribution in [3.8, 4) is 0 Å². The van der Waals surface area contributed by atoms with Crippen LogP contribution in [0.25, 0.3) is 0 Å². The number of amides is 1. The number of aryl methyl sites for hydroxylation is 1. The molecule has 1 amide bonds. The van der Waals surface area contributed by atoms with Gasteiger partial charge < -0.3 is 10.6 Å². The van der Waals surface area contributed by atoms with Gasteiger partial charge in [0.15, 0.2) is 0 Å². The zero-order chi connectivity index (χ0) is 15.2. The first-order chi connectivity index (χ1) is 10.1. The fourth-order valence-corrected chi connectivity index (χ4v) is 2.46. The highest BCUT2D eigenvalue weighted by atomic mass is 32.2. The van der Waals surface area contributed by atoms with Crippen molar-refractivity contribution in [2.24, 2.45) is 0 Å². The van der Waals surface area contributed by atoms with Crippen LogP contribution >= 0.6 is 11.8 Å². The Balaban J connectivity index is 1.94. The van der Waals surface area contributed by atoms with E-state index in [9.17, 15) is 4.79 Å². The first kappa shape index (κ1) is 15.4. The van der Waals surface area contributed by atoms with Crippen molar-refractivity contribution in [3.63, 3.8) is 0 Å². The van der Waals surface area contributed by atoms with Crippen LogP contribution in [0.4, 0.5) is 11.4 Å². The monoisotopic (exact) mass is 300 g/mol. The van der Waals surface area contributed by atoms with E-state index in [1.807, 2.05) is 62.6 Å². The highest BCUT2D eigenvalue weighted by Gasteiger charge is 2.06. The third kappa shape index (κ3) is 4.26. The number of carbonyl (C=O) groups is 1. The molecule has 0 radical (unpaired) electrons. The molecule has 0 saturated carbocycles. The molecule has 21 heavy (non-hydrogen) atoms. The Morgan fingerprint density at radius 2 is 1.90 bits per heavy atom. The van der Waals surface area contributed by atoms with Gasteiger partial charge in [0, 0.05) is 16.3 Å². The van der Waals surface area contributed by atoms with Gasteiger partial charge >= 0.3 is 0 Å². The Bertz CT molecular complexity index is 640. The van der Waals surface area contributed by atoms with Crippen LogP contribution in [0.2, 0.25) is 0 Å². The van der Waals surface area contributed by atoms with Gasteiger partial charge in [-0.3, -0.25) is 4.79 Å². The molecule has 0 bridgehead atoms. The summed E-state index contributed by atoms with van der Waals surface area (Å²) in [5.74, 6) is -0.0433. The van der Waals surface area contributed by atoms with Crippen molar-refractivity contribution >= 4 is 29.0 Å². The summed E-state index contributed by atoms with van der Waals surface area (Å²) in [6, 6.07) is 13.9. The Labute approximate surface area is 130 Å². The molecule has 3 nitrogen and oxygen atoms in total. The van der Waals surface area contributed by atoms with Gasteiger partial charge in [0.2, 0.25) is 5.91 Å². The lowest BCUT2D eigenvalue weighted by Crippen LogP contribution is -2.22. The van der Waals surface area contributed by atoms with E-state index in [2.05, 4.69) is 10.6 Å². The van der Waals surface area contributed by atoms with E-state index in [0.29, 0.717) is 0 Å². The predicted molar refractivity (Wildman–Crippen MR) is 91.3 cm³/mol.